The molecule has 0 amide bonds. The molecule has 1 aromatic heterocycles. The Morgan fingerprint density at radius 3 is 2.53 bits per heavy atom. The standard InChI is InChI=1S/C13H17F3N2O/c14-13(15,16)10-1-2-12(18-8-10)11(17)7-9-3-5-19-6-4-9/h1-2,8-9,11H,3-7,17H2. The molecular weight excluding hydrogens is 257 g/mol. The van der Waals surface area contributed by atoms with Crippen LogP contribution in [0.5, 0.6) is 0 Å². The number of nitrogens with zero attached hydrogens (tertiary/aromatic N) is 1. The van der Waals surface area contributed by atoms with E-state index in [1.165, 1.54) is 6.07 Å². The quantitative estimate of drug-likeness (QED) is 0.922. The van der Waals surface area contributed by atoms with E-state index < -0.39 is 11.7 Å². The zero-order chi connectivity index (χ0) is 13.9. The Morgan fingerprint density at radius 1 is 1.32 bits per heavy atom. The van der Waals surface area contributed by atoms with Crippen molar-refractivity contribution >= 4 is 0 Å². The van der Waals surface area contributed by atoms with Crippen LogP contribution in [-0.2, 0) is 10.9 Å². The van der Waals surface area contributed by atoms with Crippen LogP contribution in [-0.4, -0.2) is 18.2 Å². The first-order valence-corrected chi connectivity index (χ1v) is 6.33. The van der Waals surface area contributed by atoms with Gasteiger partial charge in [-0.15, -0.1) is 0 Å². The number of alkyl halides is 3. The molecule has 0 bridgehead atoms. The van der Waals surface area contributed by atoms with Crippen LogP contribution >= 0.6 is 0 Å². The van der Waals surface area contributed by atoms with Gasteiger partial charge in [-0.3, -0.25) is 4.98 Å². The molecule has 0 radical (unpaired) electrons. The summed E-state index contributed by atoms with van der Waals surface area (Å²) in [6, 6.07) is 2.09. The summed E-state index contributed by atoms with van der Waals surface area (Å²) in [5.41, 5.74) is 5.77. The van der Waals surface area contributed by atoms with Crippen molar-refractivity contribution in [2.45, 2.75) is 31.5 Å². The predicted octanol–water partition coefficient (Wildman–Crippen LogP) is 2.92. The lowest BCUT2D eigenvalue weighted by molar-refractivity contribution is -0.137. The van der Waals surface area contributed by atoms with E-state index in [1.54, 1.807) is 0 Å². The normalized spacial score (nSPS) is 19.4. The molecule has 2 N–H and O–H groups in total. The minimum Gasteiger partial charge on any atom is -0.381 e. The third-order valence-corrected chi connectivity index (χ3v) is 3.42. The number of halogens is 3. The highest BCUT2D eigenvalue weighted by molar-refractivity contribution is 5.18. The van der Waals surface area contributed by atoms with E-state index in [2.05, 4.69) is 4.98 Å². The van der Waals surface area contributed by atoms with Crippen LogP contribution in [0.3, 0.4) is 0 Å². The molecule has 0 spiro atoms. The molecule has 1 atom stereocenters. The maximum Gasteiger partial charge on any atom is 0.417 e. The van der Waals surface area contributed by atoms with Crippen LogP contribution in [0.15, 0.2) is 18.3 Å². The monoisotopic (exact) mass is 274 g/mol. The van der Waals surface area contributed by atoms with Crippen LogP contribution < -0.4 is 5.73 Å². The summed E-state index contributed by atoms with van der Waals surface area (Å²) in [4.78, 5) is 3.83. The molecule has 2 rings (SSSR count). The third kappa shape index (κ3) is 3.91. The van der Waals surface area contributed by atoms with Crippen LogP contribution in [0.2, 0.25) is 0 Å². The van der Waals surface area contributed by atoms with Gasteiger partial charge in [0.15, 0.2) is 0 Å². The second-order valence-corrected chi connectivity index (χ2v) is 4.87. The second kappa shape index (κ2) is 5.88. The molecule has 1 unspecified atom stereocenters. The average molecular weight is 274 g/mol. The van der Waals surface area contributed by atoms with Gasteiger partial charge >= 0.3 is 6.18 Å². The Labute approximate surface area is 110 Å². The Bertz CT molecular complexity index is 399. The zero-order valence-electron chi connectivity index (χ0n) is 10.5. The molecule has 1 aliphatic rings. The molecule has 0 aliphatic carbocycles. The van der Waals surface area contributed by atoms with E-state index in [0.29, 0.717) is 11.6 Å². The second-order valence-electron chi connectivity index (χ2n) is 4.87. The van der Waals surface area contributed by atoms with Gasteiger partial charge in [0.1, 0.15) is 0 Å². The summed E-state index contributed by atoms with van der Waals surface area (Å²) < 4.78 is 42.5. The summed E-state index contributed by atoms with van der Waals surface area (Å²) in [7, 11) is 0. The van der Waals surface area contributed by atoms with E-state index in [1.807, 2.05) is 0 Å². The number of hydrogen-bond donors (Lipinski definition) is 1. The first-order valence-electron chi connectivity index (χ1n) is 6.33. The molecule has 3 nitrogen and oxygen atoms in total. The Hall–Kier alpha value is -1.14. The molecule has 2 heterocycles. The number of pyridine rings is 1. The summed E-state index contributed by atoms with van der Waals surface area (Å²) in [6.07, 6.45) is -0.861. The number of nitrogens with two attached hydrogens (primary N) is 1. The van der Waals surface area contributed by atoms with Gasteiger partial charge in [-0.2, -0.15) is 13.2 Å². The fourth-order valence-electron chi connectivity index (χ4n) is 2.25. The van der Waals surface area contributed by atoms with E-state index in [0.717, 1.165) is 44.7 Å². The smallest absolute Gasteiger partial charge is 0.381 e. The fraction of sp³-hybridized carbons (Fsp3) is 0.615. The SMILES string of the molecule is NC(CC1CCOCC1)c1ccc(C(F)(F)F)cn1. The predicted molar refractivity (Wildman–Crippen MR) is 64.3 cm³/mol. The maximum atomic E-state index is 12.4. The van der Waals surface area contributed by atoms with Crippen molar-refractivity contribution in [2.24, 2.45) is 11.7 Å². The molecule has 6 heteroatoms. The number of hydrogen-bond acceptors (Lipinski definition) is 3. The van der Waals surface area contributed by atoms with Crippen molar-refractivity contribution in [1.29, 1.82) is 0 Å². The van der Waals surface area contributed by atoms with Gasteiger partial charge in [0.25, 0.3) is 0 Å². The molecule has 1 aromatic rings. The van der Waals surface area contributed by atoms with Crippen molar-refractivity contribution in [2.75, 3.05) is 13.2 Å². The molecule has 106 valence electrons. The molecule has 0 saturated carbocycles. The van der Waals surface area contributed by atoms with Gasteiger partial charge in [0.2, 0.25) is 0 Å². The highest BCUT2D eigenvalue weighted by Crippen LogP contribution is 2.30. The third-order valence-electron chi connectivity index (χ3n) is 3.42. The van der Waals surface area contributed by atoms with E-state index in [9.17, 15) is 13.2 Å². The Balaban J connectivity index is 1.97. The van der Waals surface area contributed by atoms with Crippen LogP contribution in [0.4, 0.5) is 13.2 Å². The highest BCUT2D eigenvalue weighted by Gasteiger charge is 2.31. The zero-order valence-corrected chi connectivity index (χ0v) is 10.5. The van der Waals surface area contributed by atoms with Gasteiger partial charge in [-0.25, -0.2) is 0 Å². The Kier molecular flexibility index (Phi) is 4.42. The number of rotatable bonds is 3. The van der Waals surface area contributed by atoms with Crippen molar-refractivity contribution < 1.29 is 17.9 Å². The summed E-state index contributed by atoms with van der Waals surface area (Å²) in [5, 5.41) is 0. The van der Waals surface area contributed by atoms with Crippen LogP contribution in [0.25, 0.3) is 0 Å². The largest absolute Gasteiger partial charge is 0.417 e. The van der Waals surface area contributed by atoms with Gasteiger partial charge in [-0.1, -0.05) is 0 Å². The molecule has 1 aliphatic heterocycles. The molecular formula is C13H17F3N2O. The van der Waals surface area contributed by atoms with E-state index in [-0.39, 0.29) is 6.04 Å². The van der Waals surface area contributed by atoms with Crippen molar-refractivity contribution in [1.82, 2.24) is 4.98 Å². The van der Waals surface area contributed by atoms with Crippen molar-refractivity contribution in [3.05, 3.63) is 29.6 Å². The van der Waals surface area contributed by atoms with Crippen LogP contribution in [0.1, 0.15) is 36.6 Å². The van der Waals surface area contributed by atoms with Gasteiger partial charge in [-0.05, 0) is 37.3 Å². The lowest BCUT2D eigenvalue weighted by Crippen LogP contribution is -2.22. The lowest BCUT2D eigenvalue weighted by Gasteiger charge is -2.24. The maximum absolute atomic E-state index is 12.4. The van der Waals surface area contributed by atoms with E-state index >= 15 is 0 Å². The first kappa shape index (κ1) is 14.3. The number of aromatic nitrogens is 1. The summed E-state index contributed by atoms with van der Waals surface area (Å²) >= 11 is 0. The molecule has 0 aromatic carbocycles. The average Bonchev–Trinajstić information content (AvgIpc) is 2.39. The lowest BCUT2D eigenvalue weighted by atomic mass is 9.91. The van der Waals surface area contributed by atoms with Crippen molar-refractivity contribution in [3.63, 3.8) is 0 Å². The van der Waals surface area contributed by atoms with E-state index in [4.69, 9.17) is 10.5 Å². The van der Waals surface area contributed by atoms with Crippen LogP contribution in [0, 0.1) is 5.92 Å². The topological polar surface area (TPSA) is 48.1 Å². The Morgan fingerprint density at radius 2 is 2.00 bits per heavy atom. The van der Waals surface area contributed by atoms with Gasteiger partial charge in [0, 0.05) is 25.5 Å². The van der Waals surface area contributed by atoms with Crippen molar-refractivity contribution in [3.8, 4) is 0 Å². The van der Waals surface area contributed by atoms with Gasteiger partial charge in [0.05, 0.1) is 11.3 Å². The fourth-order valence-corrected chi connectivity index (χ4v) is 2.25. The highest BCUT2D eigenvalue weighted by atomic mass is 19.4. The molecule has 1 saturated heterocycles. The first-order chi connectivity index (χ1) is 8.97. The number of ether oxygens (including phenoxy) is 1. The summed E-state index contributed by atoms with van der Waals surface area (Å²) in [5.74, 6) is 0.466. The molecule has 19 heavy (non-hydrogen) atoms. The minimum atomic E-state index is -4.35. The summed E-state index contributed by atoms with van der Waals surface area (Å²) in [6.45, 7) is 1.47. The minimum absolute atomic E-state index is 0.314. The molecule has 1 fully saturated rings. The van der Waals surface area contributed by atoms with Gasteiger partial charge < -0.3 is 10.5 Å².